The number of anilines is 1. The number of rotatable bonds is 5. The first-order valence-corrected chi connectivity index (χ1v) is 8.45. The average molecular weight is 336 g/mol. The topological polar surface area (TPSA) is 62.8 Å². The van der Waals surface area contributed by atoms with E-state index in [0.29, 0.717) is 6.54 Å². The van der Waals surface area contributed by atoms with Crippen LogP contribution in [-0.2, 0) is 6.54 Å². The molecule has 0 amide bonds. The minimum atomic E-state index is 0.636. The lowest BCUT2D eigenvalue weighted by atomic mass is 10.1. The van der Waals surface area contributed by atoms with Crippen molar-refractivity contribution in [1.29, 1.82) is 0 Å². The summed E-state index contributed by atoms with van der Waals surface area (Å²) in [5.41, 5.74) is 4.08. The zero-order chi connectivity index (χ0) is 16.4. The summed E-state index contributed by atoms with van der Waals surface area (Å²) in [6.45, 7) is 0.636. The summed E-state index contributed by atoms with van der Waals surface area (Å²) in [7, 11) is 1.70. The van der Waals surface area contributed by atoms with Crippen molar-refractivity contribution in [2.24, 2.45) is 0 Å². The number of hydrogen-bond donors (Lipinski definition) is 2. The minimum Gasteiger partial charge on any atom is -0.496 e. The molecule has 0 bridgehead atoms. The zero-order valence-electron chi connectivity index (χ0n) is 13.1. The molecule has 1 aromatic carbocycles. The number of benzene rings is 1. The lowest BCUT2D eigenvalue weighted by Gasteiger charge is -2.11. The Labute approximate surface area is 143 Å². The van der Waals surface area contributed by atoms with Crippen molar-refractivity contribution in [2.45, 2.75) is 6.54 Å². The lowest BCUT2D eigenvalue weighted by molar-refractivity contribution is 0.410. The molecule has 2 N–H and O–H groups in total. The SMILES string of the molecule is COc1cc(-c2cccs2)ccc1CNc1cc2nc[nH]c2cn1. The van der Waals surface area contributed by atoms with Crippen LogP contribution in [0.3, 0.4) is 0 Å². The van der Waals surface area contributed by atoms with Gasteiger partial charge < -0.3 is 15.0 Å². The third-order valence-corrected chi connectivity index (χ3v) is 4.78. The van der Waals surface area contributed by atoms with Crippen LogP contribution >= 0.6 is 11.3 Å². The second-order valence-corrected chi connectivity index (χ2v) is 6.29. The van der Waals surface area contributed by atoms with Crippen molar-refractivity contribution in [1.82, 2.24) is 15.0 Å². The molecule has 0 aliphatic rings. The number of aromatic amines is 1. The van der Waals surface area contributed by atoms with E-state index in [9.17, 15) is 0 Å². The Morgan fingerprint density at radius 3 is 3.00 bits per heavy atom. The van der Waals surface area contributed by atoms with Crippen molar-refractivity contribution < 1.29 is 4.74 Å². The highest BCUT2D eigenvalue weighted by molar-refractivity contribution is 7.13. The van der Waals surface area contributed by atoms with Gasteiger partial charge in [0.2, 0.25) is 0 Å². The Kier molecular flexibility index (Phi) is 3.88. The van der Waals surface area contributed by atoms with E-state index < -0.39 is 0 Å². The number of thiophene rings is 1. The second kappa shape index (κ2) is 6.33. The molecule has 24 heavy (non-hydrogen) atoms. The zero-order valence-corrected chi connectivity index (χ0v) is 13.9. The van der Waals surface area contributed by atoms with Gasteiger partial charge in [0.05, 0.1) is 30.7 Å². The van der Waals surface area contributed by atoms with E-state index in [1.54, 1.807) is 31.0 Å². The molecular formula is C18H16N4OS. The fourth-order valence-electron chi connectivity index (χ4n) is 2.60. The maximum atomic E-state index is 5.56. The van der Waals surface area contributed by atoms with Crippen LogP contribution in [0.5, 0.6) is 5.75 Å². The molecule has 3 heterocycles. The molecule has 0 radical (unpaired) electrons. The van der Waals surface area contributed by atoms with E-state index in [-0.39, 0.29) is 0 Å². The van der Waals surface area contributed by atoms with E-state index >= 15 is 0 Å². The molecule has 120 valence electrons. The van der Waals surface area contributed by atoms with E-state index in [4.69, 9.17) is 4.74 Å². The van der Waals surface area contributed by atoms with E-state index in [1.807, 2.05) is 6.07 Å². The van der Waals surface area contributed by atoms with Gasteiger partial charge in [-0.3, -0.25) is 0 Å². The van der Waals surface area contributed by atoms with Gasteiger partial charge in [-0.25, -0.2) is 9.97 Å². The van der Waals surface area contributed by atoms with Crippen LogP contribution in [0.25, 0.3) is 21.5 Å². The smallest absolute Gasteiger partial charge is 0.128 e. The molecule has 0 atom stereocenters. The van der Waals surface area contributed by atoms with Crippen LogP contribution in [0.1, 0.15) is 5.56 Å². The third-order valence-electron chi connectivity index (χ3n) is 3.86. The molecule has 4 rings (SSSR count). The molecule has 0 saturated heterocycles. The van der Waals surface area contributed by atoms with Gasteiger partial charge in [0.25, 0.3) is 0 Å². The summed E-state index contributed by atoms with van der Waals surface area (Å²) in [5, 5.41) is 5.41. The lowest BCUT2D eigenvalue weighted by Crippen LogP contribution is -2.03. The number of fused-ring (bicyclic) bond motifs is 1. The van der Waals surface area contributed by atoms with Crippen molar-refractivity contribution >= 4 is 28.2 Å². The largest absolute Gasteiger partial charge is 0.496 e. The summed E-state index contributed by atoms with van der Waals surface area (Å²) < 4.78 is 5.56. The molecular weight excluding hydrogens is 320 g/mol. The average Bonchev–Trinajstić information content (AvgIpc) is 3.30. The molecule has 0 unspecified atom stereocenters. The maximum absolute atomic E-state index is 5.56. The van der Waals surface area contributed by atoms with Gasteiger partial charge in [0, 0.05) is 23.1 Å². The van der Waals surface area contributed by atoms with Gasteiger partial charge in [0.1, 0.15) is 11.6 Å². The van der Waals surface area contributed by atoms with Crippen molar-refractivity contribution in [3.8, 4) is 16.2 Å². The molecule has 5 nitrogen and oxygen atoms in total. The molecule has 0 aliphatic carbocycles. The van der Waals surface area contributed by atoms with Gasteiger partial charge in [-0.2, -0.15) is 0 Å². The Balaban J connectivity index is 1.55. The predicted octanol–water partition coefficient (Wildman–Crippen LogP) is 4.31. The Morgan fingerprint density at radius 2 is 2.17 bits per heavy atom. The Hall–Kier alpha value is -2.86. The Bertz CT molecular complexity index is 962. The van der Waals surface area contributed by atoms with Crippen LogP contribution < -0.4 is 10.1 Å². The summed E-state index contributed by atoms with van der Waals surface area (Å²) in [6, 6.07) is 12.4. The number of nitrogens with one attached hydrogen (secondary N) is 2. The van der Waals surface area contributed by atoms with Crippen LogP contribution in [0, 0.1) is 0 Å². The van der Waals surface area contributed by atoms with Gasteiger partial charge in [-0.1, -0.05) is 18.2 Å². The Morgan fingerprint density at radius 1 is 1.21 bits per heavy atom. The molecule has 0 aliphatic heterocycles. The first-order valence-electron chi connectivity index (χ1n) is 7.57. The van der Waals surface area contributed by atoms with Crippen molar-refractivity contribution in [3.05, 3.63) is 59.9 Å². The number of pyridine rings is 1. The summed E-state index contributed by atoms with van der Waals surface area (Å²) >= 11 is 1.72. The van der Waals surface area contributed by atoms with Crippen LogP contribution in [0.2, 0.25) is 0 Å². The number of nitrogens with zero attached hydrogens (tertiary/aromatic N) is 2. The fourth-order valence-corrected chi connectivity index (χ4v) is 3.33. The van der Waals surface area contributed by atoms with E-state index in [1.165, 1.54) is 10.4 Å². The molecule has 0 saturated carbocycles. The van der Waals surface area contributed by atoms with E-state index in [0.717, 1.165) is 28.2 Å². The van der Waals surface area contributed by atoms with Crippen LogP contribution in [0.15, 0.2) is 54.3 Å². The van der Waals surface area contributed by atoms with Crippen molar-refractivity contribution in [2.75, 3.05) is 12.4 Å². The highest BCUT2D eigenvalue weighted by atomic mass is 32.1. The first-order chi connectivity index (χ1) is 11.8. The monoisotopic (exact) mass is 336 g/mol. The molecule has 0 fully saturated rings. The van der Waals surface area contributed by atoms with Crippen LogP contribution in [0.4, 0.5) is 5.82 Å². The highest BCUT2D eigenvalue weighted by Gasteiger charge is 2.07. The number of ether oxygens (including phenoxy) is 1. The molecule has 0 spiro atoms. The summed E-state index contributed by atoms with van der Waals surface area (Å²) in [6.07, 6.45) is 3.45. The van der Waals surface area contributed by atoms with Crippen molar-refractivity contribution in [3.63, 3.8) is 0 Å². The fraction of sp³-hybridized carbons (Fsp3) is 0.111. The van der Waals surface area contributed by atoms with Gasteiger partial charge >= 0.3 is 0 Å². The van der Waals surface area contributed by atoms with Crippen LogP contribution in [-0.4, -0.2) is 22.1 Å². The number of H-pyrrole nitrogens is 1. The second-order valence-electron chi connectivity index (χ2n) is 5.35. The number of hydrogen-bond acceptors (Lipinski definition) is 5. The van der Waals surface area contributed by atoms with Gasteiger partial charge in [-0.15, -0.1) is 11.3 Å². The highest BCUT2D eigenvalue weighted by Crippen LogP contribution is 2.30. The summed E-state index contributed by atoms with van der Waals surface area (Å²) in [5.74, 6) is 1.66. The van der Waals surface area contributed by atoms with Gasteiger partial charge in [0.15, 0.2) is 0 Å². The quantitative estimate of drug-likeness (QED) is 0.570. The normalized spacial score (nSPS) is 10.9. The third kappa shape index (κ3) is 2.83. The number of aromatic nitrogens is 3. The number of imidazole rings is 1. The number of methoxy groups -OCH3 is 1. The molecule has 3 aromatic heterocycles. The first kappa shape index (κ1) is 14.7. The maximum Gasteiger partial charge on any atom is 0.128 e. The predicted molar refractivity (Wildman–Crippen MR) is 97.5 cm³/mol. The standard InChI is InChI=1S/C18H16N4OS/c1-23-16-7-12(17-3-2-6-24-17)4-5-13(16)9-19-18-8-14-15(10-20-18)22-11-21-14/h2-8,10-11H,9H2,1H3,(H,19,20)(H,21,22). The van der Waals surface area contributed by atoms with Gasteiger partial charge in [-0.05, 0) is 23.1 Å². The minimum absolute atomic E-state index is 0.636. The summed E-state index contributed by atoms with van der Waals surface area (Å²) in [4.78, 5) is 12.9. The molecule has 6 heteroatoms. The van der Waals surface area contributed by atoms with E-state index in [2.05, 4.69) is 56.0 Å². The molecule has 4 aromatic rings.